The lowest BCUT2D eigenvalue weighted by Gasteiger charge is -2.19. The Morgan fingerprint density at radius 2 is 2.30 bits per heavy atom. The predicted molar refractivity (Wildman–Crippen MR) is 43.9 cm³/mol. The maximum atomic E-state index is 5.57. The summed E-state index contributed by atoms with van der Waals surface area (Å²) >= 11 is 0. The van der Waals surface area contributed by atoms with E-state index in [1.807, 2.05) is 0 Å². The minimum absolute atomic E-state index is 0.705. The Morgan fingerprint density at radius 1 is 1.60 bits per heavy atom. The van der Waals surface area contributed by atoms with Crippen LogP contribution in [0.15, 0.2) is 0 Å². The molecule has 0 aromatic carbocycles. The Bertz CT molecular complexity index is 101. The van der Waals surface area contributed by atoms with Gasteiger partial charge >= 0.3 is 0 Å². The van der Waals surface area contributed by atoms with E-state index >= 15 is 0 Å². The van der Waals surface area contributed by atoms with Crippen LogP contribution in [0.5, 0.6) is 0 Å². The average molecular weight is 142 g/mol. The van der Waals surface area contributed by atoms with Crippen molar-refractivity contribution in [1.29, 1.82) is 0 Å². The number of hydrogen-bond donors (Lipinski definition) is 1. The fraction of sp³-hybridized carbons (Fsp3) is 1.00. The van der Waals surface area contributed by atoms with E-state index in [-0.39, 0.29) is 0 Å². The van der Waals surface area contributed by atoms with Crippen molar-refractivity contribution in [3.05, 3.63) is 0 Å². The fourth-order valence-electron chi connectivity index (χ4n) is 1.52. The second-order valence-electron chi connectivity index (χ2n) is 3.48. The second kappa shape index (κ2) is 3.35. The third-order valence-corrected chi connectivity index (χ3v) is 2.38. The van der Waals surface area contributed by atoms with Crippen LogP contribution in [0.4, 0.5) is 0 Å². The van der Waals surface area contributed by atoms with Gasteiger partial charge in [0.1, 0.15) is 0 Å². The summed E-state index contributed by atoms with van der Waals surface area (Å²) in [4.78, 5) is 2.50. The molecule has 0 radical (unpaired) electrons. The number of likely N-dealkylation sites (tertiary alicyclic amines) is 1. The molecule has 0 spiro atoms. The van der Waals surface area contributed by atoms with E-state index in [0.29, 0.717) is 6.04 Å². The molecule has 2 nitrogen and oxygen atoms in total. The van der Waals surface area contributed by atoms with E-state index in [2.05, 4.69) is 18.7 Å². The first kappa shape index (κ1) is 8.02. The molecule has 1 rings (SSSR count). The molecule has 1 aliphatic heterocycles. The van der Waals surface area contributed by atoms with Gasteiger partial charge in [0.15, 0.2) is 0 Å². The summed E-state index contributed by atoms with van der Waals surface area (Å²) in [5, 5.41) is 0. The third-order valence-electron chi connectivity index (χ3n) is 2.38. The zero-order chi connectivity index (χ0) is 7.56. The number of hydrogen-bond acceptors (Lipinski definition) is 2. The number of rotatable bonds is 2. The van der Waals surface area contributed by atoms with Crippen LogP contribution in [0, 0.1) is 5.92 Å². The van der Waals surface area contributed by atoms with Gasteiger partial charge in [0.25, 0.3) is 0 Å². The summed E-state index contributed by atoms with van der Waals surface area (Å²) in [6.45, 7) is 7.83. The van der Waals surface area contributed by atoms with Crippen molar-refractivity contribution in [1.82, 2.24) is 4.90 Å². The molecule has 60 valence electrons. The zero-order valence-corrected chi connectivity index (χ0v) is 7.01. The van der Waals surface area contributed by atoms with Crippen molar-refractivity contribution in [2.45, 2.75) is 26.3 Å². The van der Waals surface area contributed by atoms with Crippen LogP contribution in [0.3, 0.4) is 0 Å². The Balaban J connectivity index is 2.28. The van der Waals surface area contributed by atoms with Crippen molar-refractivity contribution < 1.29 is 0 Å². The molecule has 0 amide bonds. The monoisotopic (exact) mass is 142 g/mol. The van der Waals surface area contributed by atoms with Gasteiger partial charge in [-0.15, -0.1) is 0 Å². The normalized spacial score (nSPS) is 28.2. The van der Waals surface area contributed by atoms with Gasteiger partial charge in [-0.1, -0.05) is 0 Å². The first-order chi connectivity index (χ1) is 4.74. The van der Waals surface area contributed by atoms with Gasteiger partial charge in [0, 0.05) is 12.6 Å². The van der Waals surface area contributed by atoms with Crippen LogP contribution >= 0.6 is 0 Å². The van der Waals surface area contributed by atoms with Crippen molar-refractivity contribution in [3.8, 4) is 0 Å². The molecular formula is C8H18N2. The third kappa shape index (κ3) is 1.70. The highest BCUT2D eigenvalue weighted by atomic mass is 15.2. The highest BCUT2D eigenvalue weighted by Crippen LogP contribution is 2.16. The van der Waals surface area contributed by atoms with Gasteiger partial charge in [-0.2, -0.15) is 0 Å². The molecule has 1 fully saturated rings. The minimum Gasteiger partial charge on any atom is -0.330 e. The predicted octanol–water partition coefficient (Wildman–Crippen LogP) is 0.675. The Kier molecular flexibility index (Phi) is 2.69. The highest BCUT2D eigenvalue weighted by Gasteiger charge is 2.22. The zero-order valence-electron chi connectivity index (χ0n) is 7.01. The molecule has 1 atom stereocenters. The van der Waals surface area contributed by atoms with Crippen LogP contribution in [-0.2, 0) is 0 Å². The lowest BCUT2D eigenvalue weighted by Crippen LogP contribution is -2.29. The standard InChI is InChI=1S/C8H18N2/c1-7(2)10-4-3-8(5-9)6-10/h7-8H,3-6,9H2,1-2H3. The van der Waals surface area contributed by atoms with Gasteiger partial charge in [-0.3, -0.25) is 0 Å². The lowest BCUT2D eigenvalue weighted by molar-refractivity contribution is 0.266. The fourth-order valence-corrected chi connectivity index (χ4v) is 1.52. The number of nitrogens with two attached hydrogens (primary N) is 1. The summed E-state index contributed by atoms with van der Waals surface area (Å²) in [6.07, 6.45) is 1.30. The maximum absolute atomic E-state index is 5.57. The van der Waals surface area contributed by atoms with Gasteiger partial charge in [0.2, 0.25) is 0 Å². The van der Waals surface area contributed by atoms with E-state index in [4.69, 9.17) is 5.73 Å². The van der Waals surface area contributed by atoms with Gasteiger partial charge in [-0.25, -0.2) is 0 Å². The van der Waals surface area contributed by atoms with E-state index in [0.717, 1.165) is 12.5 Å². The molecule has 1 heterocycles. The van der Waals surface area contributed by atoms with E-state index < -0.39 is 0 Å². The van der Waals surface area contributed by atoms with Crippen molar-refractivity contribution in [2.75, 3.05) is 19.6 Å². The van der Waals surface area contributed by atoms with Gasteiger partial charge in [-0.05, 0) is 39.3 Å². The molecular weight excluding hydrogens is 124 g/mol. The Labute approximate surface area is 63.4 Å². The van der Waals surface area contributed by atoms with Crippen LogP contribution < -0.4 is 5.73 Å². The maximum Gasteiger partial charge on any atom is 0.00387 e. The molecule has 2 heteroatoms. The second-order valence-corrected chi connectivity index (χ2v) is 3.48. The molecule has 1 unspecified atom stereocenters. The summed E-state index contributed by atoms with van der Waals surface area (Å²) in [7, 11) is 0. The molecule has 0 bridgehead atoms. The minimum atomic E-state index is 0.705. The van der Waals surface area contributed by atoms with Crippen molar-refractivity contribution in [2.24, 2.45) is 11.7 Å². The highest BCUT2D eigenvalue weighted by molar-refractivity contribution is 4.77. The summed E-state index contributed by atoms with van der Waals surface area (Å²) in [6, 6.07) is 0.705. The Morgan fingerprint density at radius 3 is 2.60 bits per heavy atom. The number of nitrogens with zero attached hydrogens (tertiary/aromatic N) is 1. The van der Waals surface area contributed by atoms with Crippen molar-refractivity contribution in [3.63, 3.8) is 0 Å². The van der Waals surface area contributed by atoms with E-state index in [9.17, 15) is 0 Å². The largest absolute Gasteiger partial charge is 0.330 e. The van der Waals surface area contributed by atoms with Gasteiger partial charge < -0.3 is 10.6 Å². The molecule has 0 saturated carbocycles. The molecule has 10 heavy (non-hydrogen) atoms. The van der Waals surface area contributed by atoms with Crippen LogP contribution in [-0.4, -0.2) is 30.6 Å². The molecule has 0 aromatic heterocycles. The van der Waals surface area contributed by atoms with Crippen LogP contribution in [0.25, 0.3) is 0 Å². The first-order valence-electron chi connectivity index (χ1n) is 4.18. The molecule has 1 saturated heterocycles. The van der Waals surface area contributed by atoms with E-state index in [1.54, 1.807) is 0 Å². The molecule has 0 aliphatic carbocycles. The first-order valence-corrected chi connectivity index (χ1v) is 4.18. The Hall–Kier alpha value is -0.0800. The summed E-state index contributed by atoms with van der Waals surface area (Å²) < 4.78 is 0. The van der Waals surface area contributed by atoms with Crippen molar-refractivity contribution >= 4 is 0 Å². The smallest absolute Gasteiger partial charge is 0.00387 e. The summed E-state index contributed by atoms with van der Waals surface area (Å²) in [5.74, 6) is 0.766. The molecule has 2 N–H and O–H groups in total. The van der Waals surface area contributed by atoms with Gasteiger partial charge in [0.05, 0.1) is 0 Å². The average Bonchev–Trinajstić information content (AvgIpc) is 2.34. The SMILES string of the molecule is CC(C)N1CCC(CN)C1. The topological polar surface area (TPSA) is 29.3 Å². The van der Waals surface area contributed by atoms with Crippen LogP contribution in [0.1, 0.15) is 20.3 Å². The van der Waals surface area contributed by atoms with Crippen LogP contribution in [0.2, 0.25) is 0 Å². The molecule has 1 aliphatic rings. The molecule has 0 aromatic rings. The lowest BCUT2D eigenvalue weighted by atomic mass is 10.1. The van der Waals surface area contributed by atoms with E-state index in [1.165, 1.54) is 19.5 Å². The quantitative estimate of drug-likeness (QED) is 0.614. The summed E-state index contributed by atoms with van der Waals surface area (Å²) in [5.41, 5.74) is 5.57.